The summed E-state index contributed by atoms with van der Waals surface area (Å²) in [6, 6.07) is 13.7. The Balaban J connectivity index is 1.90. The number of methoxy groups -OCH3 is 1. The van der Waals surface area contributed by atoms with Gasteiger partial charge in [-0.25, -0.2) is 8.42 Å². The zero-order valence-electron chi connectivity index (χ0n) is 13.3. The Kier molecular flexibility index (Phi) is 4.26. The molecule has 6 nitrogen and oxygen atoms in total. The average molecular weight is 343 g/mol. The van der Waals surface area contributed by atoms with Gasteiger partial charge in [-0.3, -0.25) is 9.82 Å². The molecule has 0 saturated carbocycles. The standard InChI is InChI=1S/C17H17N3O3S/c1-12-10-15(6-7-17(12)23-2)24(21,22)20-14-5-3-4-13(11-14)16-8-9-18-19-16/h3-11,20H,1-2H3,(H,18,19). The number of aromatic nitrogens is 2. The maximum absolute atomic E-state index is 12.6. The minimum atomic E-state index is -3.68. The highest BCUT2D eigenvalue weighted by Crippen LogP contribution is 2.25. The van der Waals surface area contributed by atoms with Crippen LogP contribution in [0.5, 0.6) is 5.75 Å². The van der Waals surface area contributed by atoms with E-state index in [0.717, 1.165) is 16.8 Å². The molecule has 0 bridgehead atoms. The van der Waals surface area contributed by atoms with Gasteiger partial charge in [0, 0.05) is 17.4 Å². The minimum Gasteiger partial charge on any atom is -0.496 e. The van der Waals surface area contributed by atoms with Crippen molar-refractivity contribution in [3.05, 3.63) is 60.3 Å². The number of sulfonamides is 1. The lowest BCUT2D eigenvalue weighted by Gasteiger charge is -2.11. The van der Waals surface area contributed by atoms with Crippen molar-refractivity contribution in [1.29, 1.82) is 0 Å². The molecule has 0 spiro atoms. The Hall–Kier alpha value is -2.80. The van der Waals surface area contributed by atoms with Crippen molar-refractivity contribution in [2.75, 3.05) is 11.8 Å². The molecule has 0 aliphatic heterocycles. The Morgan fingerprint density at radius 3 is 2.62 bits per heavy atom. The summed E-state index contributed by atoms with van der Waals surface area (Å²) in [5.74, 6) is 0.648. The molecule has 0 radical (unpaired) electrons. The minimum absolute atomic E-state index is 0.188. The number of rotatable bonds is 5. The predicted molar refractivity (Wildman–Crippen MR) is 92.6 cm³/mol. The lowest BCUT2D eigenvalue weighted by Crippen LogP contribution is -2.13. The molecule has 3 rings (SSSR count). The smallest absolute Gasteiger partial charge is 0.261 e. The molecule has 0 aliphatic carbocycles. The number of aromatic amines is 1. The van der Waals surface area contributed by atoms with Gasteiger partial charge in [0.15, 0.2) is 0 Å². The lowest BCUT2D eigenvalue weighted by atomic mass is 10.1. The number of hydrogen-bond donors (Lipinski definition) is 2. The zero-order valence-corrected chi connectivity index (χ0v) is 14.1. The third-order valence-electron chi connectivity index (χ3n) is 3.60. The van der Waals surface area contributed by atoms with E-state index < -0.39 is 10.0 Å². The van der Waals surface area contributed by atoms with E-state index in [-0.39, 0.29) is 4.90 Å². The molecule has 1 aromatic heterocycles. The summed E-state index contributed by atoms with van der Waals surface area (Å²) in [4.78, 5) is 0.188. The monoisotopic (exact) mass is 343 g/mol. The third-order valence-corrected chi connectivity index (χ3v) is 4.98. The van der Waals surface area contributed by atoms with Gasteiger partial charge in [0.05, 0.1) is 17.7 Å². The van der Waals surface area contributed by atoms with Gasteiger partial charge in [-0.1, -0.05) is 12.1 Å². The predicted octanol–water partition coefficient (Wildman–Crippen LogP) is 3.19. The summed E-state index contributed by atoms with van der Waals surface area (Å²) in [5, 5.41) is 6.76. The van der Waals surface area contributed by atoms with E-state index in [9.17, 15) is 8.42 Å². The first-order valence-corrected chi connectivity index (χ1v) is 8.75. The summed E-state index contributed by atoms with van der Waals surface area (Å²) in [6.07, 6.45) is 1.65. The molecule has 124 valence electrons. The lowest BCUT2D eigenvalue weighted by molar-refractivity contribution is 0.411. The van der Waals surface area contributed by atoms with E-state index in [2.05, 4.69) is 14.9 Å². The summed E-state index contributed by atoms with van der Waals surface area (Å²) in [7, 11) is -2.13. The van der Waals surface area contributed by atoms with Crippen LogP contribution in [0.2, 0.25) is 0 Å². The van der Waals surface area contributed by atoms with Gasteiger partial charge in [-0.2, -0.15) is 5.10 Å². The molecule has 0 fully saturated rings. The van der Waals surface area contributed by atoms with Crippen LogP contribution in [-0.4, -0.2) is 25.7 Å². The number of hydrogen-bond acceptors (Lipinski definition) is 4. The normalized spacial score (nSPS) is 11.2. The quantitative estimate of drug-likeness (QED) is 0.745. The molecule has 7 heteroatoms. The van der Waals surface area contributed by atoms with Gasteiger partial charge < -0.3 is 4.74 Å². The van der Waals surface area contributed by atoms with Crippen molar-refractivity contribution in [2.24, 2.45) is 0 Å². The van der Waals surface area contributed by atoms with Crippen molar-refractivity contribution in [2.45, 2.75) is 11.8 Å². The number of nitrogens with one attached hydrogen (secondary N) is 2. The van der Waals surface area contributed by atoms with Gasteiger partial charge >= 0.3 is 0 Å². The largest absolute Gasteiger partial charge is 0.496 e. The van der Waals surface area contributed by atoms with Gasteiger partial charge in [-0.15, -0.1) is 0 Å². The number of ether oxygens (including phenoxy) is 1. The highest BCUT2D eigenvalue weighted by atomic mass is 32.2. The summed E-state index contributed by atoms with van der Waals surface area (Å²) >= 11 is 0. The van der Waals surface area contributed by atoms with E-state index in [0.29, 0.717) is 11.4 Å². The Labute approximate surface area is 140 Å². The van der Waals surface area contributed by atoms with Crippen LogP contribution in [0.1, 0.15) is 5.56 Å². The molecular weight excluding hydrogens is 326 g/mol. The van der Waals surface area contributed by atoms with Gasteiger partial charge in [0.2, 0.25) is 0 Å². The van der Waals surface area contributed by atoms with Crippen molar-refractivity contribution in [1.82, 2.24) is 10.2 Å². The highest BCUT2D eigenvalue weighted by molar-refractivity contribution is 7.92. The molecule has 2 aromatic carbocycles. The summed E-state index contributed by atoms with van der Waals surface area (Å²) in [5.41, 5.74) is 2.90. The highest BCUT2D eigenvalue weighted by Gasteiger charge is 2.16. The van der Waals surface area contributed by atoms with Crippen LogP contribution in [0.4, 0.5) is 5.69 Å². The first kappa shape index (κ1) is 16.1. The summed E-state index contributed by atoms with van der Waals surface area (Å²) in [6.45, 7) is 1.80. The number of aryl methyl sites for hydroxylation is 1. The van der Waals surface area contributed by atoms with E-state index in [4.69, 9.17) is 4.74 Å². The maximum atomic E-state index is 12.6. The van der Waals surface area contributed by atoms with E-state index in [1.165, 1.54) is 6.07 Å². The topological polar surface area (TPSA) is 84.1 Å². The number of benzene rings is 2. The molecule has 0 amide bonds. The van der Waals surface area contributed by atoms with Crippen molar-refractivity contribution >= 4 is 15.7 Å². The van der Waals surface area contributed by atoms with Crippen LogP contribution in [0.15, 0.2) is 59.6 Å². The van der Waals surface area contributed by atoms with Gasteiger partial charge in [0.1, 0.15) is 5.75 Å². The molecule has 0 saturated heterocycles. The summed E-state index contributed by atoms with van der Waals surface area (Å²) < 4.78 is 32.9. The third kappa shape index (κ3) is 3.26. The molecule has 2 N–H and O–H groups in total. The Morgan fingerprint density at radius 1 is 1.12 bits per heavy atom. The van der Waals surface area contributed by atoms with Crippen LogP contribution in [-0.2, 0) is 10.0 Å². The molecular formula is C17H17N3O3S. The molecule has 24 heavy (non-hydrogen) atoms. The Morgan fingerprint density at radius 2 is 1.96 bits per heavy atom. The molecule has 1 heterocycles. The SMILES string of the molecule is COc1ccc(S(=O)(=O)Nc2cccc(-c3ccn[nH]3)c2)cc1C. The Bertz CT molecular complexity index is 951. The van der Waals surface area contributed by atoms with Gasteiger partial charge in [0.25, 0.3) is 10.0 Å². The average Bonchev–Trinajstić information content (AvgIpc) is 3.09. The fraction of sp³-hybridized carbons (Fsp3) is 0.118. The van der Waals surface area contributed by atoms with Crippen molar-refractivity contribution in [3.63, 3.8) is 0 Å². The second kappa shape index (κ2) is 6.37. The van der Waals surface area contributed by atoms with Crippen LogP contribution in [0, 0.1) is 6.92 Å². The van der Waals surface area contributed by atoms with Crippen molar-refractivity contribution in [3.8, 4) is 17.0 Å². The molecule has 0 unspecified atom stereocenters. The zero-order chi connectivity index (χ0) is 17.2. The number of H-pyrrole nitrogens is 1. The maximum Gasteiger partial charge on any atom is 0.261 e. The van der Waals surface area contributed by atoms with Crippen LogP contribution < -0.4 is 9.46 Å². The van der Waals surface area contributed by atoms with Crippen molar-refractivity contribution < 1.29 is 13.2 Å². The second-order valence-electron chi connectivity index (χ2n) is 5.29. The molecule has 0 atom stereocenters. The van der Waals surface area contributed by atoms with Crippen LogP contribution in [0.3, 0.4) is 0 Å². The molecule has 0 aliphatic rings. The van der Waals surface area contributed by atoms with E-state index in [1.54, 1.807) is 50.6 Å². The first-order valence-electron chi connectivity index (χ1n) is 7.27. The number of anilines is 1. The van der Waals surface area contributed by atoms with E-state index >= 15 is 0 Å². The van der Waals surface area contributed by atoms with Crippen LogP contribution in [0.25, 0.3) is 11.3 Å². The van der Waals surface area contributed by atoms with E-state index in [1.807, 2.05) is 12.1 Å². The second-order valence-corrected chi connectivity index (χ2v) is 6.97. The number of nitrogens with zero attached hydrogens (tertiary/aromatic N) is 1. The fourth-order valence-corrected chi connectivity index (χ4v) is 3.53. The fourth-order valence-electron chi connectivity index (χ4n) is 2.40. The van der Waals surface area contributed by atoms with Crippen LogP contribution >= 0.6 is 0 Å². The molecule has 3 aromatic rings. The van der Waals surface area contributed by atoms with Gasteiger partial charge in [-0.05, 0) is 48.9 Å². The first-order chi connectivity index (χ1) is 11.5.